The van der Waals surface area contributed by atoms with Gasteiger partial charge in [-0.1, -0.05) is 12.2 Å². The number of aliphatic carboxylic acids is 1. The number of hydrogen-bond acceptors (Lipinski definition) is 3. The first-order chi connectivity index (χ1) is 5.16. The van der Waals surface area contributed by atoms with Crippen molar-refractivity contribution in [2.45, 2.75) is 0 Å². The van der Waals surface area contributed by atoms with Crippen LogP contribution in [0.2, 0.25) is 0 Å². The molecule has 0 radical (unpaired) electrons. The Morgan fingerprint density at radius 2 is 1.82 bits per heavy atom. The predicted molar refractivity (Wildman–Crippen MR) is 37.9 cm³/mol. The zero-order valence-corrected chi connectivity index (χ0v) is 5.98. The summed E-state index contributed by atoms with van der Waals surface area (Å²) in [6.45, 7) is 0. The van der Waals surface area contributed by atoms with E-state index >= 15 is 0 Å². The molecule has 0 unspecified atom stereocenters. The topological polar surface area (TPSA) is 63.6 Å². The number of carboxylic acid groups (broad SMARTS) is 1. The highest BCUT2D eigenvalue weighted by Crippen LogP contribution is 1.80. The third-order valence-corrected chi connectivity index (χ3v) is 0.783. The van der Waals surface area contributed by atoms with Gasteiger partial charge in [-0.05, 0) is 0 Å². The molecule has 0 rings (SSSR count). The summed E-state index contributed by atoms with van der Waals surface area (Å²) in [5.41, 5.74) is 0. The van der Waals surface area contributed by atoms with Crippen molar-refractivity contribution in [3.63, 3.8) is 0 Å². The second-order valence-corrected chi connectivity index (χ2v) is 1.58. The maximum atomic E-state index is 10.4. The van der Waals surface area contributed by atoms with Crippen LogP contribution in [0.1, 0.15) is 0 Å². The maximum Gasteiger partial charge on any atom is 0.330 e. The summed E-state index contributed by atoms with van der Waals surface area (Å²) in [4.78, 5) is 20.2. The molecule has 0 fully saturated rings. The zero-order valence-electron chi connectivity index (χ0n) is 5.98. The third-order valence-electron chi connectivity index (χ3n) is 0.783. The van der Waals surface area contributed by atoms with Gasteiger partial charge in [0.15, 0.2) is 0 Å². The number of rotatable bonds is 3. The van der Waals surface area contributed by atoms with E-state index in [1.807, 2.05) is 0 Å². The van der Waals surface area contributed by atoms with E-state index in [0.29, 0.717) is 0 Å². The van der Waals surface area contributed by atoms with Crippen LogP contribution in [0.25, 0.3) is 0 Å². The van der Waals surface area contributed by atoms with Crippen LogP contribution in [-0.2, 0) is 14.3 Å². The van der Waals surface area contributed by atoms with Gasteiger partial charge in [0, 0.05) is 12.2 Å². The molecule has 0 saturated carbocycles. The number of hydrogen-bond donors (Lipinski definition) is 1. The molecule has 0 aliphatic heterocycles. The molecule has 11 heavy (non-hydrogen) atoms. The number of carboxylic acids is 1. The lowest BCUT2D eigenvalue weighted by molar-refractivity contribution is -0.135. The van der Waals surface area contributed by atoms with Gasteiger partial charge in [0.1, 0.15) is 0 Å². The Hall–Kier alpha value is -1.58. The molecule has 4 nitrogen and oxygen atoms in total. The van der Waals surface area contributed by atoms with E-state index < -0.39 is 11.9 Å². The van der Waals surface area contributed by atoms with Gasteiger partial charge >= 0.3 is 11.9 Å². The smallest absolute Gasteiger partial charge is 0.330 e. The number of methoxy groups -OCH3 is 1. The standard InChI is InChI=1S/C7H8O4/c1-11-7(10)5-3-2-4-6(8)9/h2-5H,1H3,(H,8,9)/b4-2-,5-3-. The van der Waals surface area contributed by atoms with E-state index in [2.05, 4.69) is 4.74 Å². The van der Waals surface area contributed by atoms with Gasteiger partial charge in [-0.2, -0.15) is 0 Å². The largest absolute Gasteiger partial charge is 0.478 e. The molecule has 0 bridgehead atoms. The van der Waals surface area contributed by atoms with Crippen molar-refractivity contribution in [1.29, 1.82) is 0 Å². The Bertz CT molecular complexity index is 202. The minimum absolute atomic E-state index is 0.514. The number of allylic oxidation sites excluding steroid dienone is 2. The van der Waals surface area contributed by atoms with E-state index in [1.165, 1.54) is 19.3 Å². The summed E-state index contributed by atoms with van der Waals surface area (Å²) in [7, 11) is 1.24. The van der Waals surface area contributed by atoms with Crippen LogP contribution in [-0.4, -0.2) is 24.2 Å². The lowest BCUT2D eigenvalue weighted by Gasteiger charge is -1.85. The van der Waals surface area contributed by atoms with Crippen LogP contribution in [0.4, 0.5) is 0 Å². The minimum atomic E-state index is -1.06. The van der Waals surface area contributed by atoms with Crippen LogP contribution < -0.4 is 0 Å². The van der Waals surface area contributed by atoms with Crippen LogP contribution in [0.15, 0.2) is 24.3 Å². The summed E-state index contributed by atoms with van der Waals surface area (Å²) in [6.07, 6.45) is 4.57. The van der Waals surface area contributed by atoms with Gasteiger partial charge in [0.2, 0.25) is 0 Å². The van der Waals surface area contributed by atoms with Crippen LogP contribution >= 0.6 is 0 Å². The fraction of sp³-hybridized carbons (Fsp3) is 0.143. The molecule has 0 aliphatic carbocycles. The van der Waals surface area contributed by atoms with E-state index in [1.54, 1.807) is 0 Å². The third kappa shape index (κ3) is 6.30. The number of carbonyl (C=O) groups is 2. The van der Waals surface area contributed by atoms with Crippen molar-refractivity contribution in [2.24, 2.45) is 0 Å². The molecule has 0 aromatic heterocycles. The lowest BCUT2D eigenvalue weighted by Crippen LogP contribution is -1.92. The van der Waals surface area contributed by atoms with Crippen molar-refractivity contribution in [2.75, 3.05) is 7.11 Å². The van der Waals surface area contributed by atoms with Crippen molar-refractivity contribution in [1.82, 2.24) is 0 Å². The molecule has 60 valence electrons. The van der Waals surface area contributed by atoms with Crippen LogP contribution in [0.3, 0.4) is 0 Å². The molecule has 0 saturated heterocycles. The second kappa shape index (κ2) is 5.22. The SMILES string of the molecule is COC(=O)/C=C\C=C/C(=O)O. The Balaban J connectivity index is 3.77. The van der Waals surface area contributed by atoms with Crippen molar-refractivity contribution >= 4 is 11.9 Å². The molecular weight excluding hydrogens is 148 g/mol. The molecule has 0 amide bonds. The quantitative estimate of drug-likeness (QED) is 0.364. The van der Waals surface area contributed by atoms with Gasteiger partial charge in [-0.25, -0.2) is 9.59 Å². The first-order valence-corrected chi connectivity index (χ1v) is 2.82. The lowest BCUT2D eigenvalue weighted by atomic mass is 10.4. The second-order valence-electron chi connectivity index (χ2n) is 1.58. The Labute approximate surface area is 63.8 Å². The fourth-order valence-corrected chi connectivity index (χ4v) is 0.340. The van der Waals surface area contributed by atoms with Crippen molar-refractivity contribution < 1.29 is 19.4 Å². The highest BCUT2D eigenvalue weighted by Gasteiger charge is 1.87. The summed E-state index contributed by atoms with van der Waals surface area (Å²) < 4.78 is 4.25. The van der Waals surface area contributed by atoms with E-state index in [9.17, 15) is 9.59 Å². The summed E-state index contributed by atoms with van der Waals surface area (Å²) in [5.74, 6) is -1.57. The van der Waals surface area contributed by atoms with Gasteiger partial charge < -0.3 is 9.84 Å². The van der Waals surface area contributed by atoms with E-state index in [0.717, 1.165) is 12.2 Å². The van der Waals surface area contributed by atoms with Crippen molar-refractivity contribution in [3.8, 4) is 0 Å². The normalized spacial score (nSPS) is 10.6. The summed E-state index contributed by atoms with van der Waals surface area (Å²) in [5, 5.41) is 8.10. The number of esters is 1. The molecule has 0 aromatic rings. The number of carbonyl (C=O) groups excluding carboxylic acids is 1. The summed E-state index contributed by atoms with van der Waals surface area (Å²) in [6, 6.07) is 0. The Morgan fingerprint density at radius 3 is 2.27 bits per heavy atom. The molecule has 0 atom stereocenters. The molecule has 0 aromatic carbocycles. The number of ether oxygens (including phenoxy) is 1. The summed E-state index contributed by atoms with van der Waals surface area (Å²) >= 11 is 0. The molecule has 1 N–H and O–H groups in total. The average molecular weight is 156 g/mol. The molecule has 0 heterocycles. The molecule has 0 aliphatic rings. The first-order valence-electron chi connectivity index (χ1n) is 2.82. The monoisotopic (exact) mass is 156 g/mol. The average Bonchev–Trinajstić information content (AvgIpc) is 1.97. The Kier molecular flexibility index (Phi) is 4.47. The van der Waals surface area contributed by atoms with Gasteiger partial charge in [0.05, 0.1) is 7.11 Å². The fourth-order valence-electron chi connectivity index (χ4n) is 0.340. The van der Waals surface area contributed by atoms with Gasteiger partial charge in [-0.15, -0.1) is 0 Å². The molecular formula is C7H8O4. The maximum absolute atomic E-state index is 10.4. The first kappa shape index (κ1) is 9.42. The van der Waals surface area contributed by atoms with Crippen LogP contribution in [0.5, 0.6) is 0 Å². The van der Waals surface area contributed by atoms with E-state index in [-0.39, 0.29) is 0 Å². The predicted octanol–water partition coefficient (Wildman–Crippen LogP) is 0.356. The van der Waals surface area contributed by atoms with E-state index in [4.69, 9.17) is 5.11 Å². The highest BCUT2D eigenvalue weighted by molar-refractivity contribution is 5.83. The van der Waals surface area contributed by atoms with Gasteiger partial charge in [0.25, 0.3) is 0 Å². The van der Waals surface area contributed by atoms with Crippen molar-refractivity contribution in [3.05, 3.63) is 24.3 Å². The molecule has 4 heteroatoms. The highest BCUT2D eigenvalue weighted by atomic mass is 16.5. The Morgan fingerprint density at radius 1 is 1.27 bits per heavy atom. The zero-order chi connectivity index (χ0) is 8.69. The van der Waals surface area contributed by atoms with Gasteiger partial charge in [-0.3, -0.25) is 0 Å². The van der Waals surface area contributed by atoms with Crippen LogP contribution in [0, 0.1) is 0 Å². The molecule has 0 spiro atoms. The minimum Gasteiger partial charge on any atom is -0.478 e.